The van der Waals surface area contributed by atoms with Gasteiger partial charge in [0.25, 0.3) is 0 Å². The third-order valence-corrected chi connectivity index (χ3v) is 4.17. The monoisotopic (exact) mass is 301 g/mol. The van der Waals surface area contributed by atoms with Crippen LogP contribution >= 0.6 is 0 Å². The number of ether oxygens (including phenoxy) is 2. The Morgan fingerprint density at radius 3 is 2.52 bits per heavy atom. The van der Waals surface area contributed by atoms with E-state index in [9.17, 15) is 0 Å². The van der Waals surface area contributed by atoms with Gasteiger partial charge in [0.1, 0.15) is 0 Å². The zero-order valence-electron chi connectivity index (χ0n) is 12.0. The van der Waals surface area contributed by atoms with Crippen LogP contribution in [0.15, 0.2) is 36.5 Å². The summed E-state index contributed by atoms with van der Waals surface area (Å²) in [5, 5.41) is 3.70. The number of pyridine rings is 1. The van der Waals surface area contributed by atoms with Gasteiger partial charge in [-0.2, -0.15) is 4.57 Å². The number of methoxy groups -OCH3 is 2. The Bertz CT molecular complexity index is 845. The van der Waals surface area contributed by atoms with E-state index in [0.29, 0.717) is 0 Å². The predicted molar refractivity (Wildman–Crippen MR) is 78.5 cm³/mol. The maximum absolute atomic E-state index is 5.44. The molecule has 3 aromatic rings. The van der Waals surface area contributed by atoms with Crippen LogP contribution in [0.1, 0.15) is 5.56 Å². The maximum Gasteiger partial charge on any atom is 0.216 e. The van der Waals surface area contributed by atoms with Crippen LogP contribution in [0.25, 0.3) is 21.7 Å². The highest BCUT2D eigenvalue weighted by atomic mass is 35.5. The van der Waals surface area contributed by atoms with Crippen molar-refractivity contribution in [2.45, 2.75) is 13.0 Å². The third kappa shape index (κ3) is 1.92. The first kappa shape index (κ1) is 14.0. The van der Waals surface area contributed by atoms with Gasteiger partial charge in [-0.1, -0.05) is 12.1 Å². The summed E-state index contributed by atoms with van der Waals surface area (Å²) in [4.78, 5) is 0. The van der Waals surface area contributed by atoms with Gasteiger partial charge in [0.05, 0.1) is 25.0 Å². The Labute approximate surface area is 129 Å². The van der Waals surface area contributed by atoms with Gasteiger partial charge in [-0.3, -0.25) is 0 Å². The second kappa shape index (κ2) is 5.08. The molecule has 1 aromatic heterocycles. The van der Waals surface area contributed by atoms with E-state index in [4.69, 9.17) is 9.47 Å². The molecule has 0 atom stereocenters. The number of hydrogen-bond donors (Lipinski definition) is 0. The average Bonchev–Trinajstić information content (AvgIpc) is 2.91. The van der Waals surface area contributed by atoms with E-state index in [1.54, 1.807) is 14.2 Å². The molecule has 1 aliphatic heterocycles. The number of benzene rings is 2. The van der Waals surface area contributed by atoms with E-state index in [1.165, 1.54) is 27.2 Å². The van der Waals surface area contributed by atoms with Gasteiger partial charge in [-0.05, 0) is 18.2 Å². The van der Waals surface area contributed by atoms with Crippen molar-refractivity contribution in [1.82, 2.24) is 0 Å². The van der Waals surface area contributed by atoms with Crippen molar-refractivity contribution in [1.29, 1.82) is 0 Å². The first-order valence-electron chi connectivity index (χ1n) is 6.81. The molecule has 0 radical (unpaired) electrons. The third-order valence-electron chi connectivity index (χ3n) is 4.17. The zero-order valence-corrected chi connectivity index (χ0v) is 12.8. The van der Waals surface area contributed by atoms with E-state index in [0.717, 1.165) is 24.5 Å². The molecule has 0 saturated carbocycles. The van der Waals surface area contributed by atoms with Gasteiger partial charge >= 0.3 is 0 Å². The number of aromatic nitrogens is 1. The lowest BCUT2D eigenvalue weighted by atomic mass is 10.0. The summed E-state index contributed by atoms with van der Waals surface area (Å²) < 4.78 is 13.2. The normalized spacial score (nSPS) is 12.5. The zero-order chi connectivity index (χ0) is 13.7. The molecule has 2 aromatic carbocycles. The molecular formula is C17H16ClNO2. The lowest BCUT2D eigenvalue weighted by Crippen LogP contribution is -3.00. The van der Waals surface area contributed by atoms with Crippen molar-refractivity contribution >= 4 is 21.7 Å². The molecule has 21 heavy (non-hydrogen) atoms. The van der Waals surface area contributed by atoms with Crippen LogP contribution in [0, 0.1) is 0 Å². The quantitative estimate of drug-likeness (QED) is 0.485. The minimum atomic E-state index is 0. The number of rotatable bonds is 2. The van der Waals surface area contributed by atoms with Crippen LogP contribution in [0.5, 0.6) is 11.5 Å². The topological polar surface area (TPSA) is 22.3 Å². The molecule has 2 heterocycles. The fraction of sp³-hybridized carbons (Fsp3) is 0.235. The highest BCUT2D eigenvalue weighted by Crippen LogP contribution is 2.35. The van der Waals surface area contributed by atoms with Crippen LogP contribution in [-0.4, -0.2) is 14.2 Å². The van der Waals surface area contributed by atoms with Gasteiger partial charge < -0.3 is 21.9 Å². The second-order valence-electron chi connectivity index (χ2n) is 5.18. The number of hydrogen-bond acceptors (Lipinski definition) is 2. The Hall–Kier alpha value is -2.00. The Kier molecular flexibility index (Phi) is 3.38. The molecule has 0 unspecified atom stereocenters. The van der Waals surface area contributed by atoms with Crippen LogP contribution in [0.4, 0.5) is 0 Å². The van der Waals surface area contributed by atoms with Crippen molar-refractivity contribution in [2.24, 2.45) is 0 Å². The predicted octanol–water partition coefficient (Wildman–Crippen LogP) is -0.142. The molecule has 0 amide bonds. The second-order valence-corrected chi connectivity index (χ2v) is 5.18. The van der Waals surface area contributed by atoms with E-state index >= 15 is 0 Å². The molecule has 3 nitrogen and oxygen atoms in total. The summed E-state index contributed by atoms with van der Waals surface area (Å²) >= 11 is 0. The highest BCUT2D eigenvalue weighted by Gasteiger charge is 2.24. The Morgan fingerprint density at radius 2 is 1.76 bits per heavy atom. The number of halogens is 1. The van der Waals surface area contributed by atoms with Crippen LogP contribution in [0.2, 0.25) is 0 Å². The molecule has 0 bridgehead atoms. The summed E-state index contributed by atoms with van der Waals surface area (Å²) in [5.74, 6) is 1.56. The fourth-order valence-electron chi connectivity index (χ4n) is 3.23. The molecule has 4 heteroatoms. The molecule has 108 valence electrons. The van der Waals surface area contributed by atoms with Crippen molar-refractivity contribution < 1.29 is 26.4 Å². The summed E-state index contributed by atoms with van der Waals surface area (Å²) in [6.07, 6.45) is 3.33. The summed E-state index contributed by atoms with van der Waals surface area (Å²) in [5.41, 5.74) is 2.78. The molecule has 0 aliphatic carbocycles. The lowest BCUT2D eigenvalue weighted by Gasteiger charge is -2.09. The maximum atomic E-state index is 5.44. The van der Waals surface area contributed by atoms with Crippen molar-refractivity contribution in [3.63, 3.8) is 0 Å². The van der Waals surface area contributed by atoms with E-state index in [2.05, 4.69) is 41.1 Å². The Balaban J connectivity index is 0.00000132. The average molecular weight is 302 g/mol. The van der Waals surface area contributed by atoms with Crippen molar-refractivity contribution in [3.8, 4) is 11.5 Å². The first-order valence-corrected chi connectivity index (χ1v) is 6.81. The number of aryl methyl sites for hydroxylation is 2. The SMILES string of the molecule is COc1cc2c[n+]3c4c(cccc4c2cc1OC)CC3.[Cl-]. The summed E-state index contributed by atoms with van der Waals surface area (Å²) in [6, 6.07) is 10.7. The molecule has 0 N–H and O–H groups in total. The minimum Gasteiger partial charge on any atom is -1.00 e. The first-order chi connectivity index (χ1) is 9.81. The Morgan fingerprint density at radius 1 is 1.00 bits per heavy atom. The van der Waals surface area contributed by atoms with Crippen LogP contribution in [-0.2, 0) is 13.0 Å². The highest BCUT2D eigenvalue weighted by molar-refractivity contribution is 6.06. The lowest BCUT2D eigenvalue weighted by molar-refractivity contribution is -0.662. The van der Waals surface area contributed by atoms with E-state index < -0.39 is 0 Å². The fourth-order valence-corrected chi connectivity index (χ4v) is 3.23. The van der Waals surface area contributed by atoms with Gasteiger partial charge in [0, 0.05) is 17.4 Å². The number of fused-ring (bicyclic) bond motifs is 2. The standard InChI is InChI=1S/C17H16NO2.ClH/c1-19-15-8-12-10-18-7-6-11-4-3-5-13(17(11)18)14(12)9-16(15)20-2;/h3-5,8-10H,6-7H2,1-2H3;1H/q+1;/p-1. The molecule has 1 aliphatic rings. The minimum absolute atomic E-state index is 0. The largest absolute Gasteiger partial charge is 1.00 e. The molecule has 4 rings (SSSR count). The number of nitrogens with zero attached hydrogens (tertiary/aromatic N) is 1. The summed E-state index contributed by atoms with van der Waals surface area (Å²) in [6.45, 7) is 1.06. The molecule has 0 saturated heterocycles. The molecular weight excluding hydrogens is 286 g/mol. The summed E-state index contributed by atoms with van der Waals surface area (Å²) in [7, 11) is 3.35. The molecule has 0 fully saturated rings. The van der Waals surface area contributed by atoms with Crippen molar-refractivity contribution in [3.05, 3.63) is 42.1 Å². The van der Waals surface area contributed by atoms with Gasteiger partial charge in [-0.15, -0.1) is 0 Å². The van der Waals surface area contributed by atoms with E-state index in [1.807, 2.05) is 0 Å². The smallest absolute Gasteiger partial charge is 0.216 e. The van der Waals surface area contributed by atoms with Crippen molar-refractivity contribution in [2.75, 3.05) is 14.2 Å². The van der Waals surface area contributed by atoms with Gasteiger partial charge in [0.15, 0.2) is 24.2 Å². The van der Waals surface area contributed by atoms with Gasteiger partial charge in [-0.25, -0.2) is 0 Å². The van der Waals surface area contributed by atoms with E-state index in [-0.39, 0.29) is 12.4 Å². The van der Waals surface area contributed by atoms with Gasteiger partial charge in [0.2, 0.25) is 5.52 Å². The molecule has 0 spiro atoms. The number of para-hydroxylation sites is 1. The van der Waals surface area contributed by atoms with Crippen LogP contribution < -0.4 is 26.4 Å². The van der Waals surface area contributed by atoms with Crippen LogP contribution in [0.3, 0.4) is 0 Å².